The van der Waals surface area contributed by atoms with Gasteiger partial charge in [0.05, 0.1) is 17.4 Å². The molecule has 4 nitrogen and oxygen atoms in total. The smallest absolute Gasteiger partial charge is 0.0607 e. The van der Waals surface area contributed by atoms with Crippen LogP contribution >= 0.6 is 0 Å². The van der Waals surface area contributed by atoms with Crippen molar-refractivity contribution in [3.8, 4) is 11.1 Å². The first-order chi connectivity index (χ1) is 16.9. The normalized spacial score (nSPS) is 19.6. The Bertz CT molecular complexity index is 1130. The topological polar surface area (TPSA) is 32.3 Å². The zero-order chi connectivity index (χ0) is 22.7. The minimum absolute atomic E-state index is 0.396. The van der Waals surface area contributed by atoms with Crippen molar-refractivity contribution in [2.24, 2.45) is 0 Å². The first-order valence-corrected chi connectivity index (χ1v) is 13.3. The van der Waals surface area contributed by atoms with Crippen molar-refractivity contribution in [3.63, 3.8) is 0 Å². The Balaban J connectivity index is 1.26. The van der Waals surface area contributed by atoms with Crippen molar-refractivity contribution in [1.29, 1.82) is 0 Å². The largest absolute Gasteiger partial charge is 0.303 e. The summed E-state index contributed by atoms with van der Waals surface area (Å²) in [4.78, 5) is 15.2. The van der Waals surface area contributed by atoms with Gasteiger partial charge in [-0.1, -0.05) is 36.8 Å². The molecule has 0 N–H and O–H groups in total. The maximum Gasteiger partial charge on any atom is 0.0607 e. The van der Waals surface area contributed by atoms with Gasteiger partial charge in [-0.05, 0) is 98.1 Å². The first kappa shape index (κ1) is 21.9. The van der Waals surface area contributed by atoms with Crippen molar-refractivity contribution < 1.29 is 0 Å². The number of hydrogen-bond donors (Lipinski definition) is 0. The predicted octanol–water partition coefficient (Wildman–Crippen LogP) is 5.80. The highest BCUT2D eigenvalue weighted by atomic mass is 15.2. The van der Waals surface area contributed by atoms with Gasteiger partial charge in [0.15, 0.2) is 0 Å². The molecule has 176 valence electrons. The van der Waals surface area contributed by atoms with E-state index in [0.717, 1.165) is 25.9 Å². The van der Waals surface area contributed by atoms with Crippen LogP contribution in [-0.2, 0) is 19.4 Å². The zero-order valence-electron chi connectivity index (χ0n) is 20.3. The summed E-state index contributed by atoms with van der Waals surface area (Å²) in [7, 11) is 0. The summed E-state index contributed by atoms with van der Waals surface area (Å²) in [6.45, 7) is 5.79. The molecule has 1 aromatic carbocycles. The average Bonchev–Trinajstić information content (AvgIpc) is 3.28. The van der Waals surface area contributed by atoms with Crippen LogP contribution in [0.15, 0.2) is 54.9 Å². The van der Waals surface area contributed by atoms with Crippen LogP contribution in [0.2, 0.25) is 0 Å². The number of aromatic nitrogens is 2. The summed E-state index contributed by atoms with van der Waals surface area (Å²) in [5.41, 5.74) is 9.66. The van der Waals surface area contributed by atoms with Gasteiger partial charge in [0.25, 0.3) is 0 Å². The lowest BCUT2D eigenvalue weighted by atomic mass is 9.90. The zero-order valence-corrected chi connectivity index (χ0v) is 20.3. The quantitative estimate of drug-likeness (QED) is 0.355. The second-order valence-corrected chi connectivity index (χ2v) is 10.3. The molecule has 3 aliphatic rings. The Hall–Kier alpha value is -2.56. The van der Waals surface area contributed by atoms with E-state index < -0.39 is 0 Å². The van der Waals surface area contributed by atoms with E-state index in [1.165, 1.54) is 97.4 Å². The van der Waals surface area contributed by atoms with Gasteiger partial charge in [0.2, 0.25) is 0 Å². The number of piperidine rings is 1. The van der Waals surface area contributed by atoms with Crippen LogP contribution in [0.5, 0.6) is 0 Å². The summed E-state index contributed by atoms with van der Waals surface area (Å²) in [5.74, 6) is 0. The fraction of sp³-hybridized carbons (Fsp3) is 0.467. The summed E-state index contributed by atoms with van der Waals surface area (Å²) >= 11 is 0. The van der Waals surface area contributed by atoms with Crippen LogP contribution in [0, 0.1) is 0 Å². The van der Waals surface area contributed by atoms with Crippen LogP contribution in [-0.4, -0.2) is 45.9 Å². The molecule has 3 aromatic rings. The van der Waals surface area contributed by atoms with Gasteiger partial charge in [-0.2, -0.15) is 0 Å². The molecule has 34 heavy (non-hydrogen) atoms. The number of rotatable bonds is 7. The third-order valence-electron chi connectivity index (χ3n) is 8.15. The van der Waals surface area contributed by atoms with Crippen LogP contribution in [0.3, 0.4) is 0 Å². The van der Waals surface area contributed by atoms with Gasteiger partial charge >= 0.3 is 0 Å². The molecule has 0 amide bonds. The maximum absolute atomic E-state index is 4.95. The monoisotopic (exact) mass is 452 g/mol. The lowest BCUT2D eigenvalue weighted by Gasteiger charge is -2.36. The van der Waals surface area contributed by atoms with E-state index in [9.17, 15) is 0 Å². The van der Waals surface area contributed by atoms with Crippen LogP contribution < -0.4 is 0 Å². The van der Waals surface area contributed by atoms with Gasteiger partial charge in [0, 0.05) is 31.9 Å². The number of nitrogens with zero attached hydrogens (tertiary/aromatic N) is 4. The minimum atomic E-state index is 0.396. The second-order valence-electron chi connectivity index (χ2n) is 10.3. The minimum Gasteiger partial charge on any atom is -0.303 e. The molecule has 6 rings (SSSR count). The van der Waals surface area contributed by atoms with Crippen molar-refractivity contribution in [2.75, 3.05) is 26.2 Å². The molecule has 2 aromatic heterocycles. The maximum atomic E-state index is 4.95. The molecule has 0 radical (unpaired) electrons. The highest BCUT2D eigenvalue weighted by Crippen LogP contribution is 2.39. The number of hydrogen-bond acceptors (Lipinski definition) is 4. The fourth-order valence-electron chi connectivity index (χ4n) is 6.41. The summed E-state index contributed by atoms with van der Waals surface area (Å²) < 4.78 is 0. The molecule has 1 fully saturated rings. The molecule has 1 saturated heterocycles. The van der Waals surface area contributed by atoms with Crippen molar-refractivity contribution >= 4 is 0 Å². The molecule has 4 heteroatoms. The SMILES string of the molecule is c1ccc2c(c1)Cc1c-2ccnc1CN(CCCN1CCCCC1)C1CCCc2cccnc21. The van der Waals surface area contributed by atoms with E-state index in [4.69, 9.17) is 9.97 Å². The Morgan fingerprint density at radius 1 is 0.853 bits per heavy atom. The van der Waals surface area contributed by atoms with Gasteiger partial charge in [-0.3, -0.25) is 14.9 Å². The lowest BCUT2D eigenvalue weighted by Crippen LogP contribution is -2.36. The lowest BCUT2D eigenvalue weighted by molar-refractivity contribution is 0.146. The fourth-order valence-corrected chi connectivity index (χ4v) is 6.41. The van der Waals surface area contributed by atoms with Crippen LogP contribution in [0.25, 0.3) is 11.1 Å². The Morgan fingerprint density at radius 3 is 2.68 bits per heavy atom. The highest BCUT2D eigenvalue weighted by Gasteiger charge is 2.29. The van der Waals surface area contributed by atoms with Crippen LogP contribution in [0.1, 0.15) is 72.6 Å². The van der Waals surface area contributed by atoms with E-state index in [1.54, 1.807) is 0 Å². The predicted molar refractivity (Wildman–Crippen MR) is 138 cm³/mol. The Labute approximate surface area is 204 Å². The summed E-state index contributed by atoms with van der Waals surface area (Å²) in [6.07, 6.45) is 14.0. The number of benzene rings is 1. The second kappa shape index (κ2) is 9.97. The van der Waals surface area contributed by atoms with E-state index in [1.807, 2.05) is 12.4 Å². The number of aryl methyl sites for hydroxylation is 1. The number of pyridine rings is 2. The first-order valence-electron chi connectivity index (χ1n) is 13.3. The van der Waals surface area contributed by atoms with E-state index in [-0.39, 0.29) is 0 Å². The highest BCUT2D eigenvalue weighted by molar-refractivity contribution is 5.77. The Morgan fingerprint density at radius 2 is 1.74 bits per heavy atom. The van der Waals surface area contributed by atoms with Crippen molar-refractivity contribution in [2.45, 2.75) is 64.0 Å². The molecule has 0 spiro atoms. The number of fused-ring (bicyclic) bond motifs is 4. The summed E-state index contributed by atoms with van der Waals surface area (Å²) in [5, 5.41) is 0. The van der Waals surface area contributed by atoms with Gasteiger partial charge in [-0.25, -0.2) is 0 Å². The van der Waals surface area contributed by atoms with E-state index in [0.29, 0.717) is 6.04 Å². The van der Waals surface area contributed by atoms with Gasteiger partial charge in [0.1, 0.15) is 0 Å². The molecule has 0 saturated carbocycles. The van der Waals surface area contributed by atoms with E-state index >= 15 is 0 Å². The van der Waals surface area contributed by atoms with Crippen molar-refractivity contribution in [1.82, 2.24) is 19.8 Å². The molecular formula is C30H36N4. The van der Waals surface area contributed by atoms with Crippen molar-refractivity contribution in [3.05, 3.63) is 82.9 Å². The molecular weight excluding hydrogens is 416 g/mol. The molecule has 1 aliphatic heterocycles. The van der Waals surface area contributed by atoms with Crippen LogP contribution in [0.4, 0.5) is 0 Å². The summed E-state index contributed by atoms with van der Waals surface area (Å²) in [6, 6.07) is 15.9. The molecule has 3 heterocycles. The average molecular weight is 453 g/mol. The number of likely N-dealkylation sites (tertiary alicyclic amines) is 1. The van der Waals surface area contributed by atoms with Gasteiger partial charge in [-0.15, -0.1) is 0 Å². The third-order valence-corrected chi connectivity index (χ3v) is 8.15. The standard InChI is InChI=1S/C30H36N4/c1-4-17-33(18-5-1)19-8-20-34(29-13-6-10-23-11-7-15-32-30(23)29)22-28-27-21-24-9-2-3-12-25(24)26(27)14-16-31-28/h2-3,7,9,11-12,14-16,29H,1,4-6,8,10,13,17-22H2. The van der Waals surface area contributed by atoms with E-state index in [2.05, 4.69) is 52.3 Å². The molecule has 2 aliphatic carbocycles. The van der Waals surface area contributed by atoms with Gasteiger partial charge < -0.3 is 4.90 Å². The Kier molecular flexibility index (Phi) is 6.43. The third kappa shape index (κ3) is 4.42. The molecule has 1 unspecified atom stereocenters. The molecule has 0 bridgehead atoms. The molecule has 1 atom stereocenters.